The number of aryl methyl sites for hydroxylation is 1. The molecule has 178 valence electrons. The molecule has 8 heteroatoms. The highest BCUT2D eigenvalue weighted by Crippen LogP contribution is 2.36. The predicted octanol–water partition coefficient (Wildman–Crippen LogP) is 4.25. The number of hydrogen-bond donors (Lipinski definition) is 1. The van der Waals surface area contributed by atoms with Crippen LogP contribution in [0.5, 0.6) is 0 Å². The quantitative estimate of drug-likeness (QED) is 0.706. The molecule has 0 bridgehead atoms. The van der Waals surface area contributed by atoms with E-state index in [1.54, 1.807) is 30.0 Å². The molecule has 2 aromatic rings. The number of carbonyl (C=O) groups excluding carboxylic acids is 2. The lowest BCUT2D eigenvalue weighted by Gasteiger charge is -2.45. The molecule has 2 aromatic carbocycles. The molecule has 2 heterocycles. The molecule has 0 aliphatic carbocycles. The average Bonchev–Trinajstić information content (AvgIpc) is 3.08. The molecule has 2 fully saturated rings. The Morgan fingerprint density at radius 2 is 2.00 bits per heavy atom. The minimum absolute atomic E-state index is 0.0184. The maximum atomic E-state index is 14.5. The van der Waals surface area contributed by atoms with Crippen molar-refractivity contribution in [2.24, 2.45) is 5.92 Å². The van der Waals surface area contributed by atoms with Crippen molar-refractivity contribution in [2.45, 2.75) is 51.9 Å². The summed E-state index contributed by atoms with van der Waals surface area (Å²) in [4.78, 5) is 30.0. The van der Waals surface area contributed by atoms with Gasteiger partial charge in [-0.2, -0.15) is 5.26 Å². The number of benzene rings is 2. The topological polar surface area (TPSA) is 76.4 Å². The van der Waals surface area contributed by atoms with Gasteiger partial charge in [0.15, 0.2) is 0 Å². The van der Waals surface area contributed by atoms with E-state index in [4.69, 9.17) is 11.6 Å². The lowest BCUT2D eigenvalue weighted by molar-refractivity contribution is -0.134. The number of halogens is 2. The van der Waals surface area contributed by atoms with E-state index in [1.807, 2.05) is 30.9 Å². The van der Waals surface area contributed by atoms with Gasteiger partial charge >= 0.3 is 0 Å². The van der Waals surface area contributed by atoms with Crippen molar-refractivity contribution in [3.05, 3.63) is 69.5 Å². The van der Waals surface area contributed by atoms with Crippen LogP contribution in [0.15, 0.2) is 36.4 Å². The number of nitrogens with zero attached hydrogens (tertiary/aromatic N) is 3. The normalized spacial score (nSPS) is 19.7. The number of nitriles is 1. The number of hydrogen-bond acceptors (Lipinski definition) is 4. The van der Waals surface area contributed by atoms with Crippen molar-refractivity contribution in [3.8, 4) is 6.07 Å². The molecule has 2 saturated heterocycles. The monoisotopic (exact) mass is 482 g/mol. The van der Waals surface area contributed by atoms with E-state index in [1.165, 1.54) is 6.07 Å². The molecule has 0 saturated carbocycles. The Kier molecular flexibility index (Phi) is 6.66. The van der Waals surface area contributed by atoms with E-state index in [2.05, 4.69) is 11.4 Å². The molecule has 1 atom stereocenters. The summed E-state index contributed by atoms with van der Waals surface area (Å²) in [5.41, 5.74) is 1.36. The van der Waals surface area contributed by atoms with Crippen LogP contribution in [0.25, 0.3) is 0 Å². The Morgan fingerprint density at radius 3 is 2.65 bits per heavy atom. The van der Waals surface area contributed by atoms with Crippen molar-refractivity contribution in [2.75, 3.05) is 13.1 Å². The first-order valence-electron chi connectivity index (χ1n) is 11.5. The van der Waals surface area contributed by atoms with Gasteiger partial charge in [0.25, 0.3) is 5.91 Å². The molecule has 1 N–H and O–H groups in total. The molecule has 2 aliphatic rings. The molecule has 4 rings (SSSR count). The Bertz CT molecular complexity index is 1170. The summed E-state index contributed by atoms with van der Waals surface area (Å²) in [6.07, 6.45) is 1.02. The van der Waals surface area contributed by atoms with Crippen molar-refractivity contribution in [1.82, 2.24) is 15.1 Å². The minimum Gasteiger partial charge on any atom is -0.338 e. The summed E-state index contributed by atoms with van der Waals surface area (Å²) >= 11 is 6.27. The lowest BCUT2D eigenvalue weighted by atomic mass is 9.94. The lowest BCUT2D eigenvalue weighted by Crippen LogP contribution is -2.59. The van der Waals surface area contributed by atoms with E-state index in [0.29, 0.717) is 43.6 Å². The second-order valence-electron chi connectivity index (χ2n) is 9.48. The van der Waals surface area contributed by atoms with Crippen molar-refractivity contribution in [3.63, 3.8) is 0 Å². The first-order valence-corrected chi connectivity index (χ1v) is 11.9. The highest BCUT2D eigenvalue weighted by molar-refractivity contribution is 6.34. The summed E-state index contributed by atoms with van der Waals surface area (Å²) in [6, 6.07) is 11.9. The highest BCUT2D eigenvalue weighted by Gasteiger charge is 2.52. The second-order valence-corrected chi connectivity index (χ2v) is 9.86. The smallest absolute Gasteiger partial charge is 0.258 e. The molecule has 34 heavy (non-hydrogen) atoms. The van der Waals surface area contributed by atoms with Gasteiger partial charge in [0.2, 0.25) is 5.91 Å². The zero-order valence-electron chi connectivity index (χ0n) is 19.6. The molecule has 0 aromatic heterocycles. The SMILES string of the molecule is Cc1ccc(F)c(C(=O)N2CCC3(CC2)NC(C(C)C)C(=O)N3Cc2cccc(C#N)c2)c1Cl. The van der Waals surface area contributed by atoms with E-state index < -0.39 is 17.4 Å². The first-order chi connectivity index (χ1) is 16.2. The van der Waals surface area contributed by atoms with Gasteiger partial charge in [-0.15, -0.1) is 0 Å². The summed E-state index contributed by atoms with van der Waals surface area (Å²) in [7, 11) is 0. The van der Waals surface area contributed by atoms with E-state index in [9.17, 15) is 19.2 Å². The first kappa shape index (κ1) is 24.2. The van der Waals surface area contributed by atoms with Crippen molar-refractivity contribution < 1.29 is 14.0 Å². The van der Waals surface area contributed by atoms with E-state index >= 15 is 0 Å². The molecular formula is C26H28ClFN4O2. The number of carbonyl (C=O) groups is 2. The zero-order valence-corrected chi connectivity index (χ0v) is 20.3. The van der Waals surface area contributed by atoms with E-state index in [0.717, 1.165) is 5.56 Å². The van der Waals surface area contributed by atoms with Crippen LogP contribution in [0.2, 0.25) is 5.02 Å². The Hall–Kier alpha value is -2.95. The highest BCUT2D eigenvalue weighted by atomic mass is 35.5. The Labute approximate surface area is 204 Å². The van der Waals surface area contributed by atoms with E-state index in [-0.39, 0.29) is 28.5 Å². The summed E-state index contributed by atoms with van der Waals surface area (Å²) < 4.78 is 14.5. The third-order valence-electron chi connectivity index (χ3n) is 6.91. The number of likely N-dealkylation sites (tertiary alicyclic amines) is 1. The largest absolute Gasteiger partial charge is 0.338 e. The second kappa shape index (κ2) is 9.36. The number of piperidine rings is 1. The predicted molar refractivity (Wildman–Crippen MR) is 127 cm³/mol. The van der Waals surface area contributed by atoms with Gasteiger partial charge in [-0.05, 0) is 42.2 Å². The number of amides is 2. The minimum atomic E-state index is -0.631. The molecule has 0 radical (unpaired) electrons. The summed E-state index contributed by atoms with van der Waals surface area (Å²) in [5.74, 6) is -0.947. The van der Waals surface area contributed by atoms with Gasteiger partial charge in [0.05, 0.1) is 33.9 Å². The van der Waals surface area contributed by atoms with Crippen molar-refractivity contribution in [1.29, 1.82) is 5.26 Å². The fourth-order valence-corrected chi connectivity index (χ4v) is 5.15. The Morgan fingerprint density at radius 1 is 1.29 bits per heavy atom. The zero-order chi connectivity index (χ0) is 24.6. The molecular weight excluding hydrogens is 455 g/mol. The van der Waals surface area contributed by atoms with Crippen LogP contribution < -0.4 is 5.32 Å². The average molecular weight is 483 g/mol. The van der Waals surface area contributed by atoms with Crippen LogP contribution in [0.4, 0.5) is 4.39 Å². The maximum Gasteiger partial charge on any atom is 0.258 e. The molecule has 2 aliphatic heterocycles. The maximum absolute atomic E-state index is 14.5. The third kappa shape index (κ3) is 4.28. The molecule has 1 spiro atoms. The number of rotatable bonds is 4. The van der Waals surface area contributed by atoms with Gasteiger partial charge in [0, 0.05) is 32.5 Å². The number of nitrogens with one attached hydrogen (secondary N) is 1. The van der Waals surface area contributed by atoms with Crippen LogP contribution in [-0.2, 0) is 11.3 Å². The third-order valence-corrected chi connectivity index (χ3v) is 7.40. The molecule has 6 nitrogen and oxygen atoms in total. The van der Waals surface area contributed by atoms with Crippen LogP contribution in [0.1, 0.15) is 53.7 Å². The van der Waals surface area contributed by atoms with Crippen LogP contribution >= 0.6 is 11.6 Å². The van der Waals surface area contributed by atoms with Gasteiger partial charge in [-0.3, -0.25) is 14.9 Å². The van der Waals surface area contributed by atoms with Gasteiger partial charge < -0.3 is 9.80 Å². The van der Waals surface area contributed by atoms with Crippen molar-refractivity contribution >= 4 is 23.4 Å². The molecule has 1 unspecified atom stereocenters. The van der Waals surface area contributed by atoms with Gasteiger partial charge in [0.1, 0.15) is 5.82 Å². The van der Waals surface area contributed by atoms with Gasteiger partial charge in [-0.1, -0.05) is 43.6 Å². The van der Waals surface area contributed by atoms with Crippen LogP contribution in [0, 0.1) is 30.0 Å². The van der Waals surface area contributed by atoms with Gasteiger partial charge in [-0.25, -0.2) is 4.39 Å². The van der Waals surface area contributed by atoms with Crippen LogP contribution in [-0.4, -0.2) is 46.4 Å². The molecule has 2 amide bonds. The summed E-state index contributed by atoms with van der Waals surface area (Å²) in [6.45, 7) is 6.85. The fraction of sp³-hybridized carbons (Fsp3) is 0.423. The van der Waals surface area contributed by atoms with Crippen LogP contribution in [0.3, 0.4) is 0 Å². The standard InChI is InChI=1S/C26H28ClFN4O2/c1-16(2)23-25(34)32(15-19-6-4-5-18(13-19)14-29)26(30-23)9-11-31(12-10-26)24(33)21-20(28)8-7-17(3)22(21)27/h4-8,13,16,23,30H,9-12,15H2,1-3H3. The summed E-state index contributed by atoms with van der Waals surface area (Å²) in [5, 5.41) is 12.9. The Balaban J connectivity index is 1.58. The fourth-order valence-electron chi connectivity index (χ4n) is 4.92.